The molecule has 0 aromatic heterocycles. The lowest BCUT2D eigenvalue weighted by atomic mass is 9.91. The molecule has 0 unspecified atom stereocenters. The third kappa shape index (κ3) is 5.21. The number of halogens is 1. The van der Waals surface area contributed by atoms with E-state index in [2.05, 4.69) is 17.6 Å². The summed E-state index contributed by atoms with van der Waals surface area (Å²) < 4.78 is 0. The average molecular weight is 380 g/mol. The summed E-state index contributed by atoms with van der Waals surface area (Å²) in [7, 11) is 0. The van der Waals surface area contributed by atoms with Gasteiger partial charge in [0.25, 0.3) is 5.91 Å². The molecule has 2 aliphatic heterocycles. The molecule has 2 amide bonds. The summed E-state index contributed by atoms with van der Waals surface area (Å²) in [6, 6.07) is 8.34. The van der Waals surface area contributed by atoms with Crippen LogP contribution in [0.15, 0.2) is 24.3 Å². The fourth-order valence-corrected chi connectivity index (χ4v) is 3.79. The van der Waals surface area contributed by atoms with Gasteiger partial charge in [0.05, 0.1) is 0 Å². The molecular weight excluding hydrogens is 350 g/mol. The number of likely N-dealkylation sites (tertiary alicyclic amines) is 1. The molecule has 6 heteroatoms. The van der Waals surface area contributed by atoms with Gasteiger partial charge < -0.3 is 15.5 Å². The molecule has 2 heterocycles. The quantitative estimate of drug-likeness (QED) is 0.848. The molecule has 0 bridgehead atoms. The highest BCUT2D eigenvalue weighted by Crippen LogP contribution is 2.19. The molecule has 26 heavy (non-hydrogen) atoms. The lowest BCUT2D eigenvalue weighted by Gasteiger charge is -2.34. The zero-order valence-corrected chi connectivity index (χ0v) is 16.5. The number of benzene rings is 1. The Balaban J connectivity index is 0.00000243. The van der Waals surface area contributed by atoms with Crippen LogP contribution in [0.4, 0.5) is 0 Å². The van der Waals surface area contributed by atoms with Gasteiger partial charge in [-0.25, -0.2) is 0 Å². The Morgan fingerprint density at radius 1 is 1.12 bits per heavy atom. The molecule has 0 spiro atoms. The van der Waals surface area contributed by atoms with Crippen LogP contribution in [0.5, 0.6) is 0 Å². The minimum absolute atomic E-state index is 0. The van der Waals surface area contributed by atoms with Gasteiger partial charge in [-0.15, -0.1) is 12.4 Å². The molecule has 2 fully saturated rings. The lowest BCUT2D eigenvalue weighted by Crippen LogP contribution is -2.49. The number of hydrogen-bond acceptors (Lipinski definition) is 3. The largest absolute Gasteiger partial charge is 0.353 e. The Bertz CT molecular complexity index is 612. The summed E-state index contributed by atoms with van der Waals surface area (Å²) in [5, 5.41) is 6.59. The molecule has 144 valence electrons. The summed E-state index contributed by atoms with van der Waals surface area (Å²) in [5.74, 6) is 0.414. The normalized spacial score (nSPS) is 23.8. The first-order valence-corrected chi connectivity index (χ1v) is 9.42. The molecular formula is C20H30ClN3O2. The monoisotopic (exact) mass is 379 g/mol. The molecule has 1 aromatic rings. The number of aryl methyl sites for hydroxylation is 1. The lowest BCUT2D eigenvalue weighted by molar-refractivity contribution is -0.127. The predicted octanol–water partition coefficient (Wildman–Crippen LogP) is 2.53. The maximum Gasteiger partial charge on any atom is 0.253 e. The smallest absolute Gasteiger partial charge is 0.253 e. The van der Waals surface area contributed by atoms with E-state index in [4.69, 9.17) is 0 Å². The molecule has 2 N–H and O–H groups in total. The van der Waals surface area contributed by atoms with Gasteiger partial charge in [-0.1, -0.05) is 17.7 Å². The number of carbonyl (C=O) groups excluding carboxylic acids is 2. The van der Waals surface area contributed by atoms with Gasteiger partial charge in [-0.2, -0.15) is 0 Å². The highest BCUT2D eigenvalue weighted by Gasteiger charge is 2.29. The minimum atomic E-state index is 0. The zero-order valence-electron chi connectivity index (χ0n) is 15.7. The van der Waals surface area contributed by atoms with Gasteiger partial charge in [-0.3, -0.25) is 9.59 Å². The Hall–Kier alpha value is -1.59. The third-order valence-electron chi connectivity index (χ3n) is 5.42. The fourth-order valence-electron chi connectivity index (χ4n) is 3.79. The number of rotatable bonds is 3. The first-order valence-electron chi connectivity index (χ1n) is 9.42. The van der Waals surface area contributed by atoms with Gasteiger partial charge in [0.2, 0.25) is 5.91 Å². The van der Waals surface area contributed by atoms with Crippen LogP contribution in [0.2, 0.25) is 0 Å². The van der Waals surface area contributed by atoms with E-state index in [0.29, 0.717) is 19.1 Å². The first kappa shape index (κ1) is 20.7. The van der Waals surface area contributed by atoms with E-state index >= 15 is 0 Å². The second-order valence-electron chi connectivity index (χ2n) is 7.52. The Labute approximate surface area is 162 Å². The Kier molecular flexibility index (Phi) is 7.47. The van der Waals surface area contributed by atoms with Crippen LogP contribution < -0.4 is 10.6 Å². The van der Waals surface area contributed by atoms with E-state index in [1.54, 1.807) is 0 Å². The van der Waals surface area contributed by atoms with Crippen molar-refractivity contribution in [2.45, 2.75) is 51.6 Å². The van der Waals surface area contributed by atoms with Gasteiger partial charge in [0.15, 0.2) is 0 Å². The summed E-state index contributed by atoms with van der Waals surface area (Å²) >= 11 is 0. The molecule has 2 aliphatic rings. The second-order valence-corrected chi connectivity index (χ2v) is 7.52. The van der Waals surface area contributed by atoms with Gasteiger partial charge in [0.1, 0.15) is 0 Å². The van der Waals surface area contributed by atoms with Crippen LogP contribution in [0.3, 0.4) is 0 Å². The molecule has 0 aliphatic carbocycles. The molecule has 5 nitrogen and oxygen atoms in total. The molecule has 2 saturated heterocycles. The number of piperidine rings is 2. The molecule has 0 radical (unpaired) electrons. The van der Waals surface area contributed by atoms with Crippen molar-refractivity contribution < 1.29 is 9.59 Å². The summed E-state index contributed by atoms with van der Waals surface area (Å²) in [6.45, 7) is 6.49. The summed E-state index contributed by atoms with van der Waals surface area (Å²) in [5.41, 5.74) is 1.90. The van der Waals surface area contributed by atoms with Gasteiger partial charge >= 0.3 is 0 Å². The van der Waals surface area contributed by atoms with Crippen LogP contribution >= 0.6 is 12.4 Å². The maximum absolute atomic E-state index is 12.6. The van der Waals surface area contributed by atoms with Crippen LogP contribution in [0.25, 0.3) is 0 Å². The van der Waals surface area contributed by atoms with Crippen LogP contribution in [-0.2, 0) is 4.79 Å². The van der Waals surface area contributed by atoms with Crippen molar-refractivity contribution in [1.29, 1.82) is 0 Å². The Morgan fingerprint density at radius 2 is 1.77 bits per heavy atom. The number of carbonyl (C=O) groups is 2. The van der Waals surface area contributed by atoms with Crippen molar-refractivity contribution in [1.82, 2.24) is 15.5 Å². The molecule has 0 saturated carbocycles. The van der Waals surface area contributed by atoms with Crippen molar-refractivity contribution in [2.75, 3.05) is 19.6 Å². The zero-order chi connectivity index (χ0) is 17.8. The molecule has 3 rings (SSSR count). The van der Waals surface area contributed by atoms with Crippen LogP contribution in [-0.4, -0.2) is 48.4 Å². The second kappa shape index (κ2) is 9.38. The van der Waals surface area contributed by atoms with E-state index < -0.39 is 0 Å². The minimum Gasteiger partial charge on any atom is -0.353 e. The van der Waals surface area contributed by atoms with E-state index in [0.717, 1.165) is 43.4 Å². The standard InChI is InChI=1S/C20H29N3O2.ClH/c1-14-3-5-16(6-4-14)20(25)23-11-8-18(9-12-23)22-19(24)17-7-10-21-15(2)13-17;/h3-6,15,17-18,21H,7-13H2,1-2H3,(H,22,24);1H/t15-,17-;/m0./s1. The van der Waals surface area contributed by atoms with Crippen LogP contribution in [0, 0.1) is 12.8 Å². The molecule has 1 aromatic carbocycles. The van der Waals surface area contributed by atoms with Gasteiger partial charge in [-0.05, 0) is 58.2 Å². The molecule has 2 atom stereocenters. The van der Waals surface area contributed by atoms with Crippen molar-refractivity contribution in [3.63, 3.8) is 0 Å². The van der Waals surface area contributed by atoms with E-state index in [9.17, 15) is 9.59 Å². The van der Waals surface area contributed by atoms with Crippen molar-refractivity contribution in [3.05, 3.63) is 35.4 Å². The van der Waals surface area contributed by atoms with Crippen molar-refractivity contribution in [2.24, 2.45) is 5.92 Å². The van der Waals surface area contributed by atoms with E-state index in [1.165, 1.54) is 0 Å². The highest BCUT2D eigenvalue weighted by atomic mass is 35.5. The Morgan fingerprint density at radius 3 is 2.38 bits per heavy atom. The number of hydrogen-bond donors (Lipinski definition) is 2. The number of nitrogens with zero attached hydrogens (tertiary/aromatic N) is 1. The predicted molar refractivity (Wildman–Crippen MR) is 106 cm³/mol. The van der Waals surface area contributed by atoms with E-state index in [-0.39, 0.29) is 36.2 Å². The summed E-state index contributed by atoms with van der Waals surface area (Å²) in [4.78, 5) is 26.9. The summed E-state index contributed by atoms with van der Waals surface area (Å²) in [6.07, 6.45) is 3.51. The number of nitrogens with one attached hydrogen (secondary N) is 2. The number of amides is 2. The van der Waals surface area contributed by atoms with Gasteiger partial charge in [0, 0.05) is 36.7 Å². The van der Waals surface area contributed by atoms with Crippen molar-refractivity contribution >= 4 is 24.2 Å². The van der Waals surface area contributed by atoms with Crippen molar-refractivity contribution in [3.8, 4) is 0 Å². The average Bonchev–Trinajstić information content (AvgIpc) is 2.62. The third-order valence-corrected chi connectivity index (χ3v) is 5.42. The van der Waals surface area contributed by atoms with E-state index in [1.807, 2.05) is 36.1 Å². The maximum atomic E-state index is 12.6. The topological polar surface area (TPSA) is 61.4 Å². The fraction of sp³-hybridized carbons (Fsp3) is 0.600. The highest BCUT2D eigenvalue weighted by molar-refractivity contribution is 5.94. The van der Waals surface area contributed by atoms with Crippen LogP contribution in [0.1, 0.15) is 48.5 Å². The SMILES string of the molecule is Cc1ccc(C(=O)N2CCC(NC(=O)[C@H]3CCN[C@@H](C)C3)CC2)cc1.Cl. The first-order chi connectivity index (χ1) is 12.0.